The van der Waals surface area contributed by atoms with E-state index in [1.54, 1.807) is 6.92 Å². The lowest BCUT2D eigenvalue weighted by Gasteiger charge is -2.04. The zero-order valence-electron chi connectivity index (χ0n) is 9.08. The van der Waals surface area contributed by atoms with E-state index in [9.17, 15) is 4.79 Å². The Bertz CT molecular complexity index is 543. The van der Waals surface area contributed by atoms with Crippen LogP contribution in [-0.2, 0) is 0 Å². The highest BCUT2D eigenvalue weighted by Gasteiger charge is 2.09. The maximum Gasteiger partial charge on any atom is 0.169 e. The molecule has 3 heteroatoms. The van der Waals surface area contributed by atoms with Gasteiger partial charge in [0.2, 0.25) is 0 Å². The minimum Gasteiger partial charge on any atom is -0.294 e. The molecular weight excluding hydrogens is 284 g/mol. The number of halogens is 1. The zero-order chi connectivity index (χ0) is 11.7. The van der Waals surface area contributed by atoms with Gasteiger partial charge in [-0.15, -0.1) is 11.3 Å². The van der Waals surface area contributed by atoms with Crippen LogP contribution in [0.2, 0.25) is 0 Å². The summed E-state index contributed by atoms with van der Waals surface area (Å²) in [4.78, 5) is 13.2. The summed E-state index contributed by atoms with van der Waals surface area (Å²) >= 11 is 5.12. The van der Waals surface area contributed by atoms with Crippen LogP contribution in [0.25, 0.3) is 10.4 Å². The summed E-state index contributed by atoms with van der Waals surface area (Å²) < 4.78 is 1.10. The number of Topliss-reactive ketones (excluding diaryl/α,β-unsaturated/α-hetero) is 1. The monoisotopic (exact) mass is 294 g/mol. The first kappa shape index (κ1) is 11.6. The molecule has 0 atom stereocenters. The summed E-state index contributed by atoms with van der Waals surface area (Å²) in [6.45, 7) is 3.66. The predicted octanol–water partition coefficient (Wildman–Crippen LogP) is 4.69. The number of rotatable bonds is 2. The third kappa shape index (κ3) is 2.11. The first-order valence-corrected chi connectivity index (χ1v) is 6.57. The first-order valence-electron chi connectivity index (χ1n) is 4.96. The fourth-order valence-electron chi connectivity index (χ4n) is 1.51. The van der Waals surface area contributed by atoms with Crippen LogP contribution in [0.1, 0.15) is 22.2 Å². The quantitative estimate of drug-likeness (QED) is 0.735. The molecule has 0 saturated carbocycles. The second-order valence-electron chi connectivity index (χ2n) is 3.66. The van der Waals surface area contributed by atoms with Crippen molar-refractivity contribution in [2.75, 3.05) is 0 Å². The largest absolute Gasteiger partial charge is 0.294 e. The molecule has 2 rings (SSSR count). The normalized spacial score (nSPS) is 10.4. The van der Waals surface area contributed by atoms with Gasteiger partial charge in [-0.1, -0.05) is 18.2 Å². The average molecular weight is 295 g/mol. The van der Waals surface area contributed by atoms with Crippen molar-refractivity contribution in [1.29, 1.82) is 0 Å². The van der Waals surface area contributed by atoms with Crippen molar-refractivity contribution in [3.63, 3.8) is 0 Å². The van der Waals surface area contributed by atoms with Crippen molar-refractivity contribution < 1.29 is 4.79 Å². The average Bonchev–Trinajstić information content (AvgIpc) is 2.71. The molecule has 0 aliphatic carbocycles. The van der Waals surface area contributed by atoms with Crippen molar-refractivity contribution >= 4 is 33.0 Å². The van der Waals surface area contributed by atoms with Crippen LogP contribution in [0.4, 0.5) is 0 Å². The number of aryl methyl sites for hydroxylation is 1. The first-order chi connectivity index (χ1) is 7.59. The Labute approximate surface area is 107 Å². The molecule has 1 aromatic carbocycles. The van der Waals surface area contributed by atoms with Gasteiger partial charge in [-0.05, 0) is 47.5 Å². The molecule has 16 heavy (non-hydrogen) atoms. The van der Waals surface area contributed by atoms with Crippen LogP contribution >= 0.6 is 27.3 Å². The third-order valence-corrected chi connectivity index (χ3v) is 4.68. The van der Waals surface area contributed by atoms with Gasteiger partial charge in [-0.2, -0.15) is 0 Å². The molecule has 0 saturated heterocycles. The number of ketones is 1. The highest BCUT2D eigenvalue weighted by molar-refractivity contribution is 9.10. The van der Waals surface area contributed by atoms with E-state index in [0.29, 0.717) is 0 Å². The fourth-order valence-corrected chi connectivity index (χ4v) is 3.05. The summed E-state index contributed by atoms with van der Waals surface area (Å²) in [5, 5.41) is 0. The van der Waals surface area contributed by atoms with Crippen LogP contribution < -0.4 is 0 Å². The van der Waals surface area contributed by atoms with Crippen LogP contribution in [0.3, 0.4) is 0 Å². The van der Waals surface area contributed by atoms with Crippen LogP contribution in [0, 0.1) is 6.92 Å². The van der Waals surface area contributed by atoms with Crippen molar-refractivity contribution in [3.8, 4) is 10.4 Å². The summed E-state index contributed by atoms with van der Waals surface area (Å²) in [6, 6.07) is 10.0. The van der Waals surface area contributed by atoms with E-state index in [4.69, 9.17) is 0 Å². The van der Waals surface area contributed by atoms with Gasteiger partial charge in [0, 0.05) is 14.9 Å². The summed E-state index contributed by atoms with van der Waals surface area (Å²) in [5.74, 6) is 0.125. The molecule has 0 aliphatic heterocycles. The highest BCUT2D eigenvalue weighted by atomic mass is 79.9. The number of benzene rings is 1. The Morgan fingerprint density at radius 2 is 2.00 bits per heavy atom. The number of carbonyl (C=O) groups excluding carboxylic acids is 1. The summed E-state index contributed by atoms with van der Waals surface area (Å²) in [5.41, 5.74) is 2.35. The molecular formula is C13H11BrOS. The molecule has 1 heterocycles. The van der Waals surface area contributed by atoms with E-state index in [2.05, 4.69) is 35.0 Å². The fraction of sp³-hybridized carbons (Fsp3) is 0.154. The van der Waals surface area contributed by atoms with Gasteiger partial charge in [0.1, 0.15) is 0 Å². The number of thiophene rings is 1. The van der Waals surface area contributed by atoms with Crippen molar-refractivity contribution in [1.82, 2.24) is 0 Å². The van der Waals surface area contributed by atoms with Crippen LogP contribution in [0.15, 0.2) is 34.8 Å². The standard InChI is InChI=1S/C13H11BrOS/c1-8-4-3-5-10(13(8)14)12-7-6-11(16-12)9(2)15/h3-7H,1-2H3. The number of hydrogen-bond acceptors (Lipinski definition) is 2. The van der Waals surface area contributed by atoms with Crippen molar-refractivity contribution in [2.45, 2.75) is 13.8 Å². The summed E-state index contributed by atoms with van der Waals surface area (Å²) in [6.07, 6.45) is 0. The van der Waals surface area contributed by atoms with Crippen molar-refractivity contribution in [3.05, 3.63) is 45.2 Å². The molecule has 1 nitrogen and oxygen atoms in total. The molecule has 0 aliphatic rings. The molecule has 0 bridgehead atoms. The van der Waals surface area contributed by atoms with Gasteiger partial charge < -0.3 is 0 Å². The lowest BCUT2D eigenvalue weighted by Crippen LogP contribution is -1.83. The molecule has 0 unspecified atom stereocenters. The molecule has 2 aromatic rings. The predicted molar refractivity (Wildman–Crippen MR) is 72.2 cm³/mol. The van der Waals surface area contributed by atoms with Crippen LogP contribution in [-0.4, -0.2) is 5.78 Å². The summed E-state index contributed by atoms with van der Waals surface area (Å²) in [7, 11) is 0. The van der Waals surface area contributed by atoms with E-state index in [-0.39, 0.29) is 5.78 Å². The Balaban J connectivity index is 2.50. The van der Waals surface area contributed by atoms with Crippen molar-refractivity contribution in [2.24, 2.45) is 0 Å². The maximum absolute atomic E-state index is 11.2. The minimum absolute atomic E-state index is 0.125. The second kappa shape index (κ2) is 4.52. The van der Waals surface area contributed by atoms with Gasteiger partial charge in [0.05, 0.1) is 4.88 Å². The zero-order valence-corrected chi connectivity index (χ0v) is 11.5. The lowest BCUT2D eigenvalue weighted by molar-refractivity contribution is 0.102. The van der Waals surface area contributed by atoms with Gasteiger partial charge in [0.15, 0.2) is 5.78 Å². The highest BCUT2D eigenvalue weighted by Crippen LogP contribution is 2.35. The maximum atomic E-state index is 11.2. The molecule has 82 valence electrons. The Kier molecular flexibility index (Phi) is 3.26. The van der Waals surface area contributed by atoms with Gasteiger partial charge in [-0.25, -0.2) is 0 Å². The molecule has 0 fully saturated rings. The van der Waals surface area contributed by atoms with E-state index in [1.165, 1.54) is 16.9 Å². The molecule has 0 N–H and O–H groups in total. The molecule has 0 amide bonds. The molecule has 0 spiro atoms. The number of carbonyl (C=O) groups is 1. The smallest absolute Gasteiger partial charge is 0.169 e. The van der Waals surface area contributed by atoms with E-state index in [0.717, 1.165) is 19.8 Å². The van der Waals surface area contributed by atoms with E-state index < -0.39 is 0 Å². The van der Waals surface area contributed by atoms with Crippen LogP contribution in [0.5, 0.6) is 0 Å². The van der Waals surface area contributed by atoms with Gasteiger partial charge >= 0.3 is 0 Å². The van der Waals surface area contributed by atoms with Gasteiger partial charge in [0.25, 0.3) is 0 Å². The second-order valence-corrected chi connectivity index (χ2v) is 5.53. The topological polar surface area (TPSA) is 17.1 Å². The Morgan fingerprint density at radius 1 is 1.25 bits per heavy atom. The number of hydrogen-bond donors (Lipinski definition) is 0. The van der Waals surface area contributed by atoms with E-state index >= 15 is 0 Å². The molecule has 0 radical (unpaired) electrons. The Hall–Kier alpha value is -0.930. The minimum atomic E-state index is 0.125. The lowest BCUT2D eigenvalue weighted by atomic mass is 10.1. The van der Waals surface area contributed by atoms with Gasteiger partial charge in [-0.3, -0.25) is 4.79 Å². The third-order valence-electron chi connectivity index (χ3n) is 2.41. The Morgan fingerprint density at radius 3 is 2.62 bits per heavy atom. The SMILES string of the molecule is CC(=O)c1ccc(-c2cccc(C)c2Br)s1. The molecule has 1 aromatic heterocycles. The van der Waals surface area contributed by atoms with E-state index in [1.807, 2.05) is 18.2 Å².